The van der Waals surface area contributed by atoms with E-state index in [1.807, 2.05) is 47.9 Å². The Morgan fingerprint density at radius 2 is 1.80 bits per heavy atom. The number of rotatable bonds is 6. The third-order valence-corrected chi connectivity index (χ3v) is 5.11. The van der Waals surface area contributed by atoms with Gasteiger partial charge in [-0.05, 0) is 28.8 Å². The van der Waals surface area contributed by atoms with E-state index in [1.54, 1.807) is 24.3 Å². The Balaban J connectivity index is 1.71. The number of benzene rings is 3. The van der Waals surface area contributed by atoms with Gasteiger partial charge in [0.2, 0.25) is 0 Å². The number of fused-ring (bicyclic) bond motifs is 1. The van der Waals surface area contributed by atoms with Crippen molar-refractivity contribution < 1.29 is 14.8 Å². The number of carboxylic acid groups (broad SMARTS) is 1. The number of hydrogen-bond donors (Lipinski definition) is 1. The molecule has 30 heavy (non-hydrogen) atoms. The second-order valence-electron chi connectivity index (χ2n) is 6.92. The molecule has 0 amide bonds. The highest BCUT2D eigenvalue weighted by Crippen LogP contribution is 2.28. The zero-order valence-electron chi connectivity index (χ0n) is 16.3. The Morgan fingerprint density at radius 1 is 1.07 bits per heavy atom. The molecule has 4 aromatic rings. The molecule has 3 aromatic carbocycles. The minimum Gasteiger partial charge on any atom is -0.478 e. The van der Waals surface area contributed by atoms with E-state index in [9.17, 15) is 20.0 Å². The number of hydrogen-bond acceptors (Lipinski definition) is 4. The van der Waals surface area contributed by atoms with E-state index < -0.39 is 10.9 Å². The predicted octanol–water partition coefficient (Wildman–Crippen LogP) is 4.92. The lowest BCUT2D eigenvalue weighted by Crippen LogP contribution is -2.04. The highest BCUT2D eigenvalue weighted by atomic mass is 16.6. The van der Waals surface area contributed by atoms with Gasteiger partial charge < -0.3 is 9.67 Å². The maximum Gasteiger partial charge on any atom is 0.336 e. The maximum atomic E-state index is 11.5. The van der Waals surface area contributed by atoms with Crippen LogP contribution in [0.15, 0.2) is 66.7 Å². The molecule has 0 aliphatic heterocycles. The summed E-state index contributed by atoms with van der Waals surface area (Å²) in [6, 6.07) is 19.5. The van der Waals surface area contributed by atoms with Crippen molar-refractivity contribution in [3.63, 3.8) is 0 Å². The van der Waals surface area contributed by atoms with Gasteiger partial charge in [-0.25, -0.2) is 9.78 Å². The average Bonchev–Trinajstić information content (AvgIpc) is 3.11. The maximum absolute atomic E-state index is 11.5. The van der Waals surface area contributed by atoms with Gasteiger partial charge in [0.25, 0.3) is 5.69 Å². The van der Waals surface area contributed by atoms with Crippen LogP contribution in [-0.2, 0) is 13.0 Å². The lowest BCUT2D eigenvalue weighted by Gasteiger charge is -2.10. The summed E-state index contributed by atoms with van der Waals surface area (Å²) in [5, 5.41) is 20.8. The second kappa shape index (κ2) is 7.79. The van der Waals surface area contributed by atoms with Crippen LogP contribution in [0.2, 0.25) is 0 Å². The number of nitro benzene ring substituents is 1. The van der Waals surface area contributed by atoms with Crippen LogP contribution in [0.3, 0.4) is 0 Å². The molecule has 0 saturated heterocycles. The van der Waals surface area contributed by atoms with Crippen molar-refractivity contribution >= 4 is 22.7 Å². The van der Waals surface area contributed by atoms with Crippen LogP contribution >= 0.6 is 0 Å². The first-order valence-electron chi connectivity index (χ1n) is 9.53. The SMILES string of the molecule is CCc1nc2c([N+](=O)[O-])cccc2n1Cc1ccc(-c2ccccc2C(=O)O)cc1. The molecular formula is C23H19N3O4. The molecular weight excluding hydrogens is 382 g/mol. The third kappa shape index (κ3) is 3.41. The van der Waals surface area contributed by atoms with Gasteiger partial charge in [0.1, 0.15) is 5.82 Å². The first kappa shape index (κ1) is 19.3. The fourth-order valence-corrected chi connectivity index (χ4v) is 3.67. The molecule has 0 bridgehead atoms. The molecule has 7 heteroatoms. The van der Waals surface area contributed by atoms with Crippen molar-refractivity contribution in [1.82, 2.24) is 9.55 Å². The minimum atomic E-state index is -0.964. The smallest absolute Gasteiger partial charge is 0.336 e. The predicted molar refractivity (Wildman–Crippen MR) is 114 cm³/mol. The Morgan fingerprint density at radius 3 is 2.47 bits per heavy atom. The van der Waals surface area contributed by atoms with Gasteiger partial charge in [0.15, 0.2) is 5.52 Å². The quantitative estimate of drug-likeness (QED) is 0.365. The van der Waals surface area contributed by atoms with Crippen LogP contribution in [0, 0.1) is 10.1 Å². The molecule has 0 saturated carbocycles. The van der Waals surface area contributed by atoms with Crippen molar-refractivity contribution in [1.29, 1.82) is 0 Å². The van der Waals surface area contributed by atoms with Gasteiger partial charge in [-0.3, -0.25) is 10.1 Å². The van der Waals surface area contributed by atoms with Crippen molar-refractivity contribution in [3.05, 3.63) is 93.8 Å². The van der Waals surface area contributed by atoms with Crippen LogP contribution in [-0.4, -0.2) is 25.6 Å². The summed E-state index contributed by atoms with van der Waals surface area (Å²) in [6.45, 7) is 2.48. The van der Waals surface area contributed by atoms with Gasteiger partial charge in [-0.1, -0.05) is 55.5 Å². The number of para-hydroxylation sites is 1. The number of non-ortho nitro benzene ring substituents is 1. The number of carbonyl (C=O) groups is 1. The van der Waals surface area contributed by atoms with Gasteiger partial charge in [0, 0.05) is 19.0 Å². The molecule has 4 rings (SSSR count). The van der Waals surface area contributed by atoms with Gasteiger partial charge in [-0.15, -0.1) is 0 Å². The molecule has 0 radical (unpaired) electrons. The summed E-state index contributed by atoms with van der Waals surface area (Å²) in [5.41, 5.74) is 3.85. The van der Waals surface area contributed by atoms with Crippen molar-refractivity contribution in [2.75, 3.05) is 0 Å². The topological polar surface area (TPSA) is 98.3 Å². The van der Waals surface area contributed by atoms with Crippen LogP contribution in [0.5, 0.6) is 0 Å². The van der Waals surface area contributed by atoms with Crippen LogP contribution in [0.1, 0.15) is 28.7 Å². The second-order valence-corrected chi connectivity index (χ2v) is 6.92. The number of aryl methyl sites for hydroxylation is 1. The van der Waals surface area contributed by atoms with Crippen LogP contribution < -0.4 is 0 Å². The molecule has 0 aliphatic rings. The summed E-state index contributed by atoms with van der Waals surface area (Å²) in [5.74, 6) is -0.187. The van der Waals surface area contributed by atoms with Crippen molar-refractivity contribution in [3.8, 4) is 11.1 Å². The fourth-order valence-electron chi connectivity index (χ4n) is 3.67. The Labute approximate surface area is 172 Å². The first-order chi connectivity index (χ1) is 14.5. The monoisotopic (exact) mass is 401 g/mol. The number of aromatic carboxylic acids is 1. The molecule has 0 aliphatic carbocycles. The number of nitrogens with zero attached hydrogens (tertiary/aromatic N) is 3. The van der Waals surface area contributed by atoms with E-state index in [2.05, 4.69) is 4.98 Å². The van der Waals surface area contributed by atoms with E-state index in [0.717, 1.165) is 22.5 Å². The molecule has 0 spiro atoms. The van der Waals surface area contributed by atoms with Gasteiger partial charge >= 0.3 is 5.97 Å². The zero-order chi connectivity index (χ0) is 21.3. The highest BCUT2D eigenvalue weighted by Gasteiger charge is 2.19. The van der Waals surface area contributed by atoms with Crippen LogP contribution in [0.25, 0.3) is 22.2 Å². The molecule has 1 aromatic heterocycles. The lowest BCUT2D eigenvalue weighted by atomic mass is 9.99. The Bertz CT molecular complexity index is 1260. The summed E-state index contributed by atoms with van der Waals surface area (Å²) < 4.78 is 1.99. The van der Waals surface area contributed by atoms with Crippen molar-refractivity contribution in [2.45, 2.75) is 19.9 Å². The molecule has 150 valence electrons. The van der Waals surface area contributed by atoms with Crippen LogP contribution in [0.4, 0.5) is 5.69 Å². The molecule has 1 heterocycles. The van der Waals surface area contributed by atoms with E-state index in [-0.39, 0.29) is 11.3 Å². The molecule has 7 nitrogen and oxygen atoms in total. The number of nitro groups is 1. The zero-order valence-corrected chi connectivity index (χ0v) is 16.3. The minimum absolute atomic E-state index is 0.00146. The molecule has 0 unspecified atom stereocenters. The Kier molecular flexibility index (Phi) is 5.02. The van der Waals surface area contributed by atoms with E-state index in [4.69, 9.17) is 0 Å². The number of carboxylic acids is 1. The normalized spacial score (nSPS) is 11.0. The van der Waals surface area contributed by atoms with E-state index >= 15 is 0 Å². The van der Waals surface area contributed by atoms with Crippen molar-refractivity contribution in [2.24, 2.45) is 0 Å². The molecule has 0 atom stereocenters. The average molecular weight is 401 g/mol. The lowest BCUT2D eigenvalue weighted by molar-refractivity contribution is -0.383. The third-order valence-electron chi connectivity index (χ3n) is 5.11. The summed E-state index contributed by atoms with van der Waals surface area (Å²) in [6.07, 6.45) is 0.649. The number of imidazole rings is 1. The Hall–Kier alpha value is -4.00. The molecule has 1 N–H and O–H groups in total. The molecule has 0 fully saturated rings. The standard InChI is InChI=1S/C23H19N3O4/c1-2-21-24-22-19(8-5-9-20(22)26(29)30)25(21)14-15-10-12-16(13-11-15)17-6-3-4-7-18(17)23(27)28/h3-13H,2,14H2,1H3,(H,27,28). The first-order valence-corrected chi connectivity index (χ1v) is 9.53. The summed E-state index contributed by atoms with van der Waals surface area (Å²) >= 11 is 0. The fraction of sp³-hybridized carbons (Fsp3) is 0.130. The van der Waals surface area contributed by atoms with E-state index in [1.165, 1.54) is 6.07 Å². The van der Waals surface area contributed by atoms with Gasteiger partial charge in [0.05, 0.1) is 16.0 Å². The summed E-state index contributed by atoms with van der Waals surface area (Å²) in [7, 11) is 0. The van der Waals surface area contributed by atoms with Gasteiger partial charge in [-0.2, -0.15) is 0 Å². The largest absolute Gasteiger partial charge is 0.478 e. The number of aromatic nitrogens is 2. The van der Waals surface area contributed by atoms with E-state index in [0.29, 0.717) is 24.0 Å². The summed E-state index contributed by atoms with van der Waals surface area (Å²) in [4.78, 5) is 26.9. The highest BCUT2D eigenvalue weighted by molar-refractivity contribution is 5.96.